The number of rotatable bonds is 5. The third-order valence-electron chi connectivity index (χ3n) is 3.65. The Morgan fingerprint density at radius 2 is 2.04 bits per heavy atom. The van der Waals surface area contributed by atoms with Crippen LogP contribution in [0.5, 0.6) is 0 Å². The van der Waals surface area contributed by atoms with Crippen LogP contribution >= 0.6 is 11.3 Å². The van der Waals surface area contributed by atoms with Gasteiger partial charge in [0.2, 0.25) is 5.91 Å². The molecule has 1 amide bonds. The zero-order valence-electron chi connectivity index (χ0n) is 14.0. The lowest BCUT2D eigenvalue weighted by molar-refractivity contribution is -0.121. The van der Waals surface area contributed by atoms with E-state index >= 15 is 0 Å². The Balaban J connectivity index is 2.02. The van der Waals surface area contributed by atoms with Crippen molar-refractivity contribution in [3.8, 4) is 0 Å². The Morgan fingerprint density at radius 3 is 2.61 bits per heavy atom. The van der Waals surface area contributed by atoms with Gasteiger partial charge in [0.1, 0.15) is 5.00 Å². The summed E-state index contributed by atoms with van der Waals surface area (Å²) in [6.45, 7) is 7.76. The summed E-state index contributed by atoms with van der Waals surface area (Å²) >= 11 is 1.42. The SMILES string of the molecule is CCc1cc(C(=O)OC)c(NC(=O)CN2C[C@H](C)O[C@@H](C)C2)s1. The van der Waals surface area contributed by atoms with E-state index in [4.69, 9.17) is 9.47 Å². The summed E-state index contributed by atoms with van der Waals surface area (Å²) in [5.74, 6) is -0.550. The lowest BCUT2D eigenvalue weighted by atomic mass is 10.2. The molecule has 1 fully saturated rings. The lowest BCUT2D eigenvalue weighted by Gasteiger charge is -2.34. The van der Waals surface area contributed by atoms with E-state index in [-0.39, 0.29) is 24.7 Å². The van der Waals surface area contributed by atoms with Crippen molar-refractivity contribution >= 4 is 28.2 Å². The number of hydrogen-bond acceptors (Lipinski definition) is 6. The molecule has 0 aromatic carbocycles. The van der Waals surface area contributed by atoms with Gasteiger partial charge in [-0.3, -0.25) is 9.69 Å². The number of carbonyl (C=O) groups excluding carboxylic acids is 2. The molecule has 2 atom stereocenters. The highest BCUT2D eigenvalue weighted by atomic mass is 32.1. The van der Waals surface area contributed by atoms with Crippen LogP contribution in [0.4, 0.5) is 5.00 Å². The first kappa shape index (κ1) is 17.9. The first-order chi connectivity index (χ1) is 10.9. The lowest BCUT2D eigenvalue weighted by Crippen LogP contribution is -2.48. The number of esters is 1. The molecule has 128 valence electrons. The van der Waals surface area contributed by atoms with E-state index < -0.39 is 5.97 Å². The first-order valence-electron chi connectivity index (χ1n) is 7.81. The number of nitrogens with zero attached hydrogens (tertiary/aromatic N) is 1. The maximum Gasteiger partial charge on any atom is 0.340 e. The van der Waals surface area contributed by atoms with E-state index in [1.807, 2.05) is 20.8 Å². The number of anilines is 1. The summed E-state index contributed by atoms with van der Waals surface area (Å²) in [6.07, 6.45) is 1.04. The Bertz CT molecular complexity index is 562. The predicted octanol–water partition coefficient (Wildman–Crippen LogP) is 2.14. The van der Waals surface area contributed by atoms with Crippen molar-refractivity contribution in [3.63, 3.8) is 0 Å². The molecule has 2 heterocycles. The molecule has 1 aliphatic heterocycles. The smallest absolute Gasteiger partial charge is 0.340 e. The van der Waals surface area contributed by atoms with Gasteiger partial charge >= 0.3 is 5.97 Å². The number of thiophene rings is 1. The van der Waals surface area contributed by atoms with Gasteiger partial charge in [-0.05, 0) is 26.3 Å². The largest absolute Gasteiger partial charge is 0.465 e. The normalized spacial score (nSPS) is 21.9. The maximum atomic E-state index is 12.3. The molecule has 7 heteroatoms. The Morgan fingerprint density at radius 1 is 1.39 bits per heavy atom. The van der Waals surface area contributed by atoms with Crippen molar-refractivity contribution in [3.05, 3.63) is 16.5 Å². The highest BCUT2D eigenvalue weighted by molar-refractivity contribution is 7.16. The van der Waals surface area contributed by atoms with E-state index in [1.54, 1.807) is 6.07 Å². The van der Waals surface area contributed by atoms with Crippen LogP contribution in [0.3, 0.4) is 0 Å². The van der Waals surface area contributed by atoms with Crippen LogP contribution in [0, 0.1) is 0 Å². The summed E-state index contributed by atoms with van der Waals surface area (Å²) in [6, 6.07) is 1.78. The van der Waals surface area contributed by atoms with Crippen LogP contribution < -0.4 is 5.32 Å². The summed E-state index contributed by atoms with van der Waals surface area (Å²) in [5.41, 5.74) is 0.423. The fourth-order valence-corrected chi connectivity index (χ4v) is 3.75. The van der Waals surface area contributed by atoms with Crippen LogP contribution in [0.25, 0.3) is 0 Å². The quantitative estimate of drug-likeness (QED) is 0.832. The van der Waals surface area contributed by atoms with Crippen LogP contribution in [-0.2, 0) is 20.7 Å². The van der Waals surface area contributed by atoms with E-state index in [0.717, 1.165) is 24.4 Å². The first-order valence-corrected chi connectivity index (χ1v) is 8.63. The van der Waals surface area contributed by atoms with Gasteiger partial charge in [-0.15, -0.1) is 11.3 Å². The third kappa shape index (κ3) is 4.76. The third-order valence-corrected chi connectivity index (χ3v) is 4.85. The van der Waals surface area contributed by atoms with Crippen LogP contribution in [0.15, 0.2) is 6.07 Å². The topological polar surface area (TPSA) is 67.9 Å². The fourth-order valence-electron chi connectivity index (χ4n) is 2.75. The van der Waals surface area contributed by atoms with Gasteiger partial charge in [-0.2, -0.15) is 0 Å². The highest BCUT2D eigenvalue weighted by Crippen LogP contribution is 2.29. The molecule has 0 aliphatic carbocycles. The van der Waals surface area contributed by atoms with Crippen molar-refractivity contribution < 1.29 is 19.1 Å². The molecule has 23 heavy (non-hydrogen) atoms. The second-order valence-corrected chi connectivity index (χ2v) is 6.94. The van der Waals surface area contributed by atoms with Crippen molar-refractivity contribution in [2.75, 3.05) is 32.1 Å². The molecule has 1 aromatic rings. The molecule has 1 aliphatic rings. The minimum absolute atomic E-state index is 0.116. The monoisotopic (exact) mass is 340 g/mol. The molecule has 0 saturated carbocycles. The van der Waals surface area contributed by atoms with Gasteiger partial charge in [0.25, 0.3) is 0 Å². The van der Waals surface area contributed by atoms with Gasteiger partial charge in [0, 0.05) is 18.0 Å². The summed E-state index contributed by atoms with van der Waals surface area (Å²) in [4.78, 5) is 27.2. The summed E-state index contributed by atoms with van der Waals surface area (Å²) in [5, 5.41) is 3.42. The number of morpholine rings is 1. The zero-order chi connectivity index (χ0) is 17.0. The van der Waals surface area contributed by atoms with E-state index in [1.165, 1.54) is 18.4 Å². The van der Waals surface area contributed by atoms with Crippen molar-refractivity contribution in [1.29, 1.82) is 0 Å². The highest BCUT2D eigenvalue weighted by Gasteiger charge is 2.25. The van der Waals surface area contributed by atoms with Crippen molar-refractivity contribution in [2.45, 2.75) is 39.4 Å². The molecule has 1 saturated heterocycles. The molecule has 1 aromatic heterocycles. The second-order valence-electron chi connectivity index (χ2n) is 5.80. The van der Waals surface area contributed by atoms with Gasteiger partial charge < -0.3 is 14.8 Å². The van der Waals surface area contributed by atoms with Gasteiger partial charge in [-0.1, -0.05) is 6.92 Å². The molecule has 0 spiro atoms. The standard InChI is InChI=1S/C16H24N2O4S/c1-5-12-6-13(16(20)21-4)15(23-12)17-14(19)9-18-7-10(2)22-11(3)8-18/h6,10-11H,5,7-9H2,1-4H3,(H,17,19)/t10-,11-/m0/s1. The summed E-state index contributed by atoms with van der Waals surface area (Å²) in [7, 11) is 1.34. The summed E-state index contributed by atoms with van der Waals surface area (Å²) < 4.78 is 10.5. The molecule has 0 radical (unpaired) electrons. The second kappa shape index (κ2) is 7.90. The van der Waals surface area contributed by atoms with Crippen LogP contribution in [0.2, 0.25) is 0 Å². The number of amides is 1. The molecule has 0 unspecified atom stereocenters. The van der Waals surface area contributed by atoms with E-state index in [2.05, 4.69) is 10.2 Å². The molecular formula is C16H24N2O4S. The number of ether oxygens (including phenoxy) is 2. The Labute approximate surface area is 140 Å². The van der Waals surface area contributed by atoms with Gasteiger partial charge in [-0.25, -0.2) is 4.79 Å². The number of carbonyl (C=O) groups is 2. The average molecular weight is 340 g/mol. The number of methoxy groups -OCH3 is 1. The van der Waals surface area contributed by atoms with E-state index in [0.29, 0.717) is 10.6 Å². The Kier molecular flexibility index (Phi) is 6.15. The van der Waals surface area contributed by atoms with Crippen molar-refractivity contribution in [2.24, 2.45) is 0 Å². The van der Waals surface area contributed by atoms with Gasteiger partial charge in [0.15, 0.2) is 0 Å². The number of nitrogens with one attached hydrogen (secondary N) is 1. The maximum absolute atomic E-state index is 12.3. The molecule has 1 N–H and O–H groups in total. The average Bonchev–Trinajstić information content (AvgIpc) is 2.88. The van der Waals surface area contributed by atoms with Crippen molar-refractivity contribution in [1.82, 2.24) is 4.90 Å². The fraction of sp³-hybridized carbons (Fsp3) is 0.625. The van der Waals surface area contributed by atoms with E-state index in [9.17, 15) is 9.59 Å². The zero-order valence-corrected chi connectivity index (χ0v) is 14.9. The van der Waals surface area contributed by atoms with Gasteiger partial charge in [0.05, 0.1) is 31.4 Å². The molecular weight excluding hydrogens is 316 g/mol. The minimum atomic E-state index is -0.426. The number of hydrogen-bond donors (Lipinski definition) is 1. The molecule has 6 nitrogen and oxygen atoms in total. The number of aryl methyl sites for hydroxylation is 1. The minimum Gasteiger partial charge on any atom is -0.465 e. The molecule has 2 rings (SSSR count). The Hall–Kier alpha value is -1.44. The molecule has 0 bridgehead atoms. The van der Waals surface area contributed by atoms with Crippen LogP contribution in [0.1, 0.15) is 36.0 Å². The predicted molar refractivity (Wildman–Crippen MR) is 90.1 cm³/mol. The van der Waals surface area contributed by atoms with Crippen LogP contribution in [-0.4, -0.2) is 55.7 Å².